The van der Waals surface area contributed by atoms with E-state index in [9.17, 15) is 18.0 Å². The Bertz CT molecular complexity index is 418. The predicted molar refractivity (Wildman–Crippen MR) is 51.2 cm³/mol. The average molecular weight is 249 g/mol. The number of ether oxygens (including phenoxy) is 1. The molecule has 0 unspecified atom stereocenters. The molecule has 0 aliphatic rings. The van der Waals surface area contributed by atoms with Crippen LogP contribution in [0.25, 0.3) is 0 Å². The molecule has 0 atom stereocenters. The van der Waals surface area contributed by atoms with E-state index in [1.54, 1.807) is 6.92 Å². The van der Waals surface area contributed by atoms with Crippen molar-refractivity contribution in [2.24, 2.45) is 0 Å². The van der Waals surface area contributed by atoms with E-state index >= 15 is 0 Å². The molecule has 0 bridgehead atoms. The lowest BCUT2D eigenvalue weighted by molar-refractivity contribution is -0.142. The van der Waals surface area contributed by atoms with Crippen LogP contribution in [-0.2, 0) is 22.1 Å². The Morgan fingerprint density at radius 3 is 2.65 bits per heavy atom. The molecular weight excluding hydrogens is 239 g/mol. The summed E-state index contributed by atoms with van der Waals surface area (Å²) in [6, 6.07) is 0.854. The van der Waals surface area contributed by atoms with Crippen LogP contribution in [0.3, 0.4) is 0 Å². The zero-order chi connectivity index (χ0) is 13.1. The largest absolute Gasteiger partial charge is 0.506 e. The summed E-state index contributed by atoms with van der Waals surface area (Å²) >= 11 is 0. The molecule has 0 spiro atoms. The van der Waals surface area contributed by atoms with Crippen molar-refractivity contribution in [1.29, 1.82) is 0 Å². The molecule has 1 N–H and O–H groups in total. The molecule has 0 aromatic carbocycles. The molecule has 1 aromatic rings. The fourth-order valence-corrected chi connectivity index (χ4v) is 1.19. The maximum Gasteiger partial charge on any atom is 0.437 e. The van der Waals surface area contributed by atoms with Crippen molar-refractivity contribution in [2.75, 3.05) is 6.61 Å². The first-order valence-electron chi connectivity index (χ1n) is 4.75. The van der Waals surface area contributed by atoms with E-state index < -0.39 is 23.6 Å². The molecule has 1 heterocycles. The Labute approximate surface area is 95.0 Å². The first kappa shape index (κ1) is 13.3. The van der Waals surface area contributed by atoms with Crippen LogP contribution in [0.5, 0.6) is 5.75 Å². The molecule has 94 valence electrons. The van der Waals surface area contributed by atoms with Gasteiger partial charge in [0.25, 0.3) is 0 Å². The summed E-state index contributed by atoms with van der Waals surface area (Å²) < 4.78 is 41.4. The Hall–Kier alpha value is -1.79. The highest BCUT2D eigenvalue weighted by atomic mass is 19.4. The van der Waals surface area contributed by atoms with Crippen LogP contribution in [0.1, 0.15) is 18.2 Å². The number of hydrogen-bond donors (Lipinski definition) is 1. The second-order valence-electron chi connectivity index (χ2n) is 3.19. The maximum absolute atomic E-state index is 12.2. The fraction of sp³-hybridized carbons (Fsp3) is 0.400. The number of halogens is 3. The van der Waals surface area contributed by atoms with Gasteiger partial charge in [-0.3, -0.25) is 4.79 Å². The lowest BCUT2D eigenvalue weighted by Gasteiger charge is -2.08. The number of aromatic hydroxyl groups is 1. The number of rotatable bonds is 3. The van der Waals surface area contributed by atoms with E-state index in [1.165, 1.54) is 0 Å². The van der Waals surface area contributed by atoms with Gasteiger partial charge in [-0.1, -0.05) is 0 Å². The molecule has 0 fully saturated rings. The van der Waals surface area contributed by atoms with Gasteiger partial charge in [0, 0.05) is 6.20 Å². The Morgan fingerprint density at radius 1 is 1.53 bits per heavy atom. The number of carbonyl (C=O) groups excluding carboxylic acids is 1. The summed E-state index contributed by atoms with van der Waals surface area (Å²) in [5.74, 6) is -1.59. The highest BCUT2D eigenvalue weighted by Crippen LogP contribution is 2.33. The monoisotopic (exact) mass is 249 g/mol. The standard InChI is InChI=1S/C10H10F3NO3/c1-2-17-8(16)4-6-3-7(15)9(14-5-6)10(11,12)13/h3,5,15H,2,4H2,1H3. The zero-order valence-corrected chi connectivity index (χ0v) is 8.91. The van der Waals surface area contributed by atoms with E-state index in [0.29, 0.717) is 0 Å². The van der Waals surface area contributed by atoms with Gasteiger partial charge in [-0.25, -0.2) is 4.98 Å². The van der Waals surface area contributed by atoms with Crippen LogP contribution >= 0.6 is 0 Å². The van der Waals surface area contributed by atoms with Crippen LogP contribution in [0.15, 0.2) is 12.3 Å². The minimum Gasteiger partial charge on any atom is -0.506 e. The third kappa shape index (κ3) is 3.61. The first-order valence-corrected chi connectivity index (χ1v) is 4.75. The third-order valence-electron chi connectivity index (χ3n) is 1.85. The van der Waals surface area contributed by atoms with Crippen LogP contribution in [0.2, 0.25) is 0 Å². The van der Waals surface area contributed by atoms with Crippen molar-refractivity contribution < 1.29 is 27.8 Å². The minimum absolute atomic E-state index is 0.161. The molecule has 1 rings (SSSR count). The summed E-state index contributed by atoms with van der Waals surface area (Å²) in [5, 5.41) is 9.14. The van der Waals surface area contributed by atoms with E-state index in [0.717, 1.165) is 12.3 Å². The van der Waals surface area contributed by atoms with Gasteiger partial charge in [0.05, 0.1) is 13.0 Å². The maximum atomic E-state index is 12.2. The van der Waals surface area contributed by atoms with Crippen molar-refractivity contribution in [3.63, 3.8) is 0 Å². The Balaban J connectivity index is 2.86. The molecule has 17 heavy (non-hydrogen) atoms. The normalized spacial score (nSPS) is 11.3. The summed E-state index contributed by atoms with van der Waals surface area (Å²) in [7, 11) is 0. The molecule has 1 aromatic heterocycles. The smallest absolute Gasteiger partial charge is 0.437 e. The highest BCUT2D eigenvalue weighted by molar-refractivity contribution is 5.72. The van der Waals surface area contributed by atoms with E-state index in [2.05, 4.69) is 9.72 Å². The molecule has 4 nitrogen and oxygen atoms in total. The number of aromatic nitrogens is 1. The van der Waals surface area contributed by atoms with Gasteiger partial charge in [0.2, 0.25) is 0 Å². The quantitative estimate of drug-likeness (QED) is 0.831. The molecule has 0 aliphatic carbocycles. The molecule has 0 radical (unpaired) electrons. The number of alkyl halides is 3. The second kappa shape index (κ2) is 5.03. The van der Waals surface area contributed by atoms with Crippen LogP contribution in [-0.4, -0.2) is 22.7 Å². The van der Waals surface area contributed by atoms with Crippen molar-refractivity contribution in [2.45, 2.75) is 19.5 Å². The number of carbonyl (C=O) groups is 1. The van der Waals surface area contributed by atoms with Gasteiger partial charge in [0.1, 0.15) is 5.75 Å². The molecule has 0 amide bonds. The zero-order valence-electron chi connectivity index (χ0n) is 8.91. The van der Waals surface area contributed by atoms with E-state index in [4.69, 9.17) is 5.11 Å². The van der Waals surface area contributed by atoms with Gasteiger partial charge < -0.3 is 9.84 Å². The summed E-state index contributed by atoms with van der Waals surface area (Å²) in [6.07, 6.45) is -4.06. The van der Waals surface area contributed by atoms with E-state index in [-0.39, 0.29) is 18.6 Å². The number of hydrogen-bond acceptors (Lipinski definition) is 4. The Morgan fingerprint density at radius 2 is 2.18 bits per heavy atom. The third-order valence-corrected chi connectivity index (χ3v) is 1.85. The number of pyridine rings is 1. The van der Waals surface area contributed by atoms with Crippen LogP contribution < -0.4 is 0 Å². The lowest BCUT2D eigenvalue weighted by Crippen LogP contribution is -2.11. The van der Waals surface area contributed by atoms with Crippen molar-refractivity contribution in [1.82, 2.24) is 4.98 Å². The molecule has 0 saturated heterocycles. The van der Waals surface area contributed by atoms with E-state index in [1.807, 2.05) is 0 Å². The SMILES string of the molecule is CCOC(=O)Cc1cnc(C(F)(F)F)c(O)c1. The second-order valence-corrected chi connectivity index (χ2v) is 3.19. The van der Waals surface area contributed by atoms with Crippen LogP contribution in [0, 0.1) is 0 Å². The minimum atomic E-state index is -4.72. The highest BCUT2D eigenvalue weighted by Gasteiger charge is 2.35. The topological polar surface area (TPSA) is 59.4 Å². The summed E-state index contributed by atoms with van der Waals surface area (Å²) in [5.41, 5.74) is -1.21. The van der Waals surface area contributed by atoms with Crippen LogP contribution in [0.4, 0.5) is 13.2 Å². The Kier molecular flexibility index (Phi) is 3.93. The average Bonchev–Trinajstić information content (AvgIpc) is 2.15. The number of nitrogens with zero attached hydrogens (tertiary/aromatic N) is 1. The summed E-state index contributed by atoms with van der Waals surface area (Å²) in [6.45, 7) is 1.79. The summed E-state index contributed by atoms with van der Waals surface area (Å²) in [4.78, 5) is 14.1. The van der Waals surface area contributed by atoms with Crippen molar-refractivity contribution in [3.8, 4) is 5.75 Å². The van der Waals surface area contributed by atoms with Gasteiger partial charge in [-0.05, 0) is 18.6 Å². The molecule has 7 heteroatoms. The van der Waals surface area contributed by atoms with Gasteiger partial charge in [-0.2, -0.15) is 13.2 Å². The predicted octanol–water partition coefficient (Wildman–Crippen LogP) is 1.91. The lowest BCUT2D eigenvalue weighted by atomic mass is 10.2. The number of esters is 1. The van der Waals surface area contributed by atoms with Crippen molar-refractivity contribution >= 4 is 5.97 Å². The van der Waals surface area contributed by atoms with Gasteiger partial charge in [0.15, 0.2) is 5.69 Å². The molecular formula is C10H10F3NO3. The van der Waals surface area contributed by atoms with Crippen molar-refractivity contribution in [3.05, 3.63) is 23.5 Å². The van der Waals surface area contributed by atoms with Gasteiger partial charge in [-0.15, -0.1) is 0 Å². The molecule has 0 aliphatic heterocycles. The van der Waals surface area contributed by atoms with Gasteiger partial charge >= 0.3 is 12.1 Å². The fourth-order valence-electron chi connectivity index (χ4n) is 1.19. The first-order chi connectivity index (χ1) is 7.84. The molecule has 0 saturated carbocycles.